The lowest BCUT2D eigenvalue weighted by Crippen LogP contribution is -2.31. The highest BCUT2D eigenvalue weighted by Gasteiger charge is 2.41. The van der Waals surface area contributed by atoms with E-state index in [-0.39, 0.29) is 16.7 Å². The highest BCUT2D eigenvalue weighted by Crippen LogP contribution is 2.35. The van der Waals surface area contributed by atoms with Gasteiger partial charge in [0.1, 0.15) is 0 Å². The summed E-state index contributed by atoms with van der Waals surface area (Å²) in [6.45, 7) is 3.91. The van der Waals surface area contributed by atoms with Crippen molar-refractivity contribution >= 4 is 23.5 Å². The summed E-state index contributed by atoms with van der Waals surface area (Å²) >= 11 is 0. The molecule has 1 aliphatic rings. The number of anilines is 1. The zero-order valence-electron chi connectivity index (χ0n) is 13.5. The molecule has 2 aromatic rings. The van der Waals surface area contributed by atoms with Crippen LogP contribution in [0.25, 0.3) is 0 Å². The van der Waals surface area contributed by atoms with Crippen LogP contribution in [0.4, 0.5) is 5.69 Å². The van der Waals surface area contributed by atoms with Crippen molar-refractivity contribution < 1.29 is 19.5 Å². The number of hydrogen-bond acceptors (Lipinski definition) is 3. The Kier molecular flexibility index (Phi) is 3.93. The summed E-state index contributed by atoms with van der Waals surface area (Å²) in [6, 6.07) is 10.0. The van der Waals surface area contributed by atoms with Crippen molar-refractivity contribution in [1.29, 1.82) is 0 Å². The van der Waals surface area contributed by atoms with Crippen molar-refractivity contribution in [3.63, 3.8) is 0 Å². The van der Waals surface area contributed by atoms with E-state index in [1.807, 2.05) is 32.0 Å². The molecular weight excluding hydrogens is 306 g/mol. The molecule has 3 rings (SSSR count). The normalized spacial score (nSPS) is 13.3. The van der Waals surface area contributed by atoms with E-state index in [1.165, 1.54) is 18.2 Å². The first-order valence-corrected chi connectivity index (χ1v) is 7.87. The van der Waals surface area contributed by atoms with Gasteiger partial charge in [0, 0.05) is 0 Å². The molecule has 1 aliphatic heterocycles. The van der Waals surface area contributed by atoms with E-state index >= 15 is 0 Å². The Labute approximate surface area is 139 Å². The molecule has 5 heteroatoms. The number of amides is 2. The molecule has 5 nitrogen and oxygen atoms in total. The Bertz CT molecular complexity index is 847. The maximum absolute atomic E-state index is 12.9. The van der Waals surface area contributed by atoms with Gasteiger partial charge in [-0.15, -0.1) is 0 Å². The SMILES string of the molecule is CCc1cccc(CC)c1N1C(=O)c2cccc(C(=O)O)c2C1=O. The molecule has 0 radical (unpaired) electrons. The summed E-state index contributed by atoms with van der Waals surface area (Å²) in [5, 5.41) is 9.33. The molecule has 1 heterocycles. The van der Waals surface area contributed by atoms with Gasteiger partial charge in [-0.1, -0.05) is 38.1 Å². The summed E-state index contributed by atoms with van der Waals surface area (Å²) in [7, 11) is 0. The molecule has 0 unspecified atom stereocenters. The second-order valence-electron chi connectivity index (χ2n) is 5.61. The number of carbonyl (C=O) groups excluding carboxylic acids is 2. The van der Waals surface area contributed by atoms with E-state index in [0.717, 1.165) is 16.0 Å². The standard InChI is InChI=1S/C19H17NO4/c1-3-11-7-5-8-12(4-2)16(11)20-17(21)13-9-6-10-14(19(23)24)15(13)18(20)22/h5-10H,3-4H2,1-2H3,(H,23,24). The third-order valence-electron chi connectivity index (χ3n) is 4.33. The number of carbonyl (C=O) groups is 3. The van der Waals surface area contributed by atoms with Crippen LogP contribution in [0.15, 0.2) is 36.4 Å². The Balaban J connectivity index is 2.24. The van der Waals surface area contributed by atoms with Gasteiger partial charge >= 0.3 is 5.97 Å². The molecule has 0 saturated carbocycles. The van der Waals surface area contributed by atoms with Gasteiger partial charge < -0.3 is 5.11 Å². The highest BCUT2D eigenvalue weighted by molar-refractivity contribution is 6.36. The Morgan fingerprint density at radius 1 is 0.958 bits per heavy atom. The largest absolute Gasteiger partial charge is 0.478 e. The number of carboxylic acid groups (broad SMARTS) is 1. The van der Waals surface area contributed by atoms with E-state index in [1.54, 1.807) is 0 Å². The van der Waals surface area contributed by atoms with E-state index in [2.05, 4.69) is 0 Å². The second kappa shape index (κ2) is 5.92. The number of aromatic carboxylic acids is 1. The molecule has 0 saturated heterocycles. The van der Waals surface area contributed by atoms with Gasteiger partial charge in [0.2, 0.25) is 0 Å². The molecule has 24 heavy (non-hydrogen) atoms. The molecule has 0 aromatic heterocycles. The van der Waals surface area contributed by atoms with Crippen LogP contribution in [0.3, 0.4) is 0 Å². The van der Waals surface area contributed by atoms with Crippen molar-refractivity contribution in [2.45, 2.75) is 26.7 Å². The minimum absolute atomic E-state index is 0.0250. The Hall–Kier alpha value is -2.95. The topological polar surface area (TPSA) is 74.7 Å². The summed E-state index contributed by atoms with van der Waals surface area (Å²) in [4.78, 5) is 38.3. The van der Waals surface area contributed by atoms with Gasteiger partial charge in [0.15, 0.2) is 0 Å². The fourth-order valence-corrected chi connectivity index (χ4v) is 3.17. The van der Waals surface area contributed by atoms with Gasteiger partial charge in [-0.05, 0) is 36.1 Å². The van der Waals surface area contributed by atoms with Crippen molar-refractivity contribution in [2.75, 3.05) is 4.90 Å². The molecule has 0 bridgehead atoms. The summed E-state index contributed by atoms with van der Waals surface area (Å²) in [5.41, 5.74) is 2.35. The fourth-order valence-electron chi connectivity index (χ4n) is 3.17. The number of carboxylic acids is 1. The fraction of sp³-hybridized carbons (Fsp3) is 0.211. The number of rotatable bonds is 4. The van der Waals surface area contributed by atoms with Crippen LogP contribution in [-0.4, -0.2) is 22.9 Å². The Morgan fingerprint density at radius 2 is 1.54 bits per heavy atom. The first kappa shape index (κ1) is 15.9. The second-order valence-corrected chi connectivity index (χ2v) is 5.61. The number of imide groups is 1. The summed E-state index contributed by atoms with van der Waals surface area (Å²) in [6.07, 6.45) is 1.34. The van der Waals surface area contributed by atoms with Gasteiger partial charge in [-0.2, -0.15) is 0 Å². The van der Waals surface area contributed by atoms with Gasteiger partial charge in [0.05, 0.1) is 22.4 Å². The average molecular weight is 323 g/mol. The number of fused-ring (bicyclic) bond motifs is 1. The summed E-state index contributed by atoms with van der Waals surface area (Å²) < 4.78 is 0. The van der Waals surface area contributed by atoms with E-state index in [0.29, 0.717) is 18.5 Å². The molecule has 0 aliphatic carbocycles. The van der Waals surface area contributed by atoms with Crippen LogP contribution >= 0.6 is 0 Å². The number of benzene rings is 2. The smallest absolute Gasteiger partial charge is 0.336 e. The predicted molar refractivity (Wildman–Crippen MR) is 89.7 cm³/mol. The van der Waals surface area contributed by atoms with Crippen LogP contribution in [0.1, 0.15) is 56.0 Å². The maximum atomic E-state index is 12.9. The number of para-hydroxylation sites is 1. The zero-order chi connectivity index (χ0) is 17.4. The molecule has 2 amide bonds. The lowest BCUT2D eigenvalue weighted by atomic mass is 10.0. The van der Waals surface area contributed by atoms with Crippen LogP contribution in [0.2, 0.25) is 0 Å². The minimum Gasteiger partial charge on any atom is -0.478 e. The van der Waals surface area contributed by atoms with Gasteiger partial charge in [0.25, 0.3) is 11.8 Å². The van der Waals surface area contributed by atoms with Crippen molar-refractivity contribution in [2.24, 2.45) is 0 Å². The van der Waals surface area contributed by atoms with Crippen LogP contribution in [-0.2, 0) is 12.8 Å². The molecule has 0 spiro atoms. The first-order valence-electron chi connectivity index (χ1n) is 7.87. The van der Waals surface area contributed by atoms with Crippen molar-refractivity contribution in [1.82, 2.24) is 0 Å². The highest BCUT2D eigenvalue weighted by atomic mass is 16.4. The third kappa shape index (κ3) is 2.21. The van der Waals surface area contributed by atoms with E-state index < -0.39 is 17.8 Å². The zero-order valence-corrected chi connectivity index (χ0v) is 13.5. The molecule has 1 N–H and O–H groups in total. The lowest BCUT2D eigenvalue weighted by Gasteiger charge is -2.21. The van der Waals surface area contributed by atoms with Crippen LogP contribution < -0.4 is 4.90 Å². The van der Waals surface area contributed by atoms with Crippen LogP contribution in [0, 0.1) is 0 Å². The first-order chi connectivity index (χ1) is 11.5. The molecule has 0 atom stereocenters. The monoisotopic (exact) mass is 323 g/mol. The molecule has 122 valence electrons. The Morgan fingerprint density at radius 3 is 2.08 bits per heavy atom. The average Bonchev–Trinajstić information content (AvgIpc) is 2.85. The quantitative estimate of drug-likeness (QED) is 0.876. The summed E-state index contributed by atoms with van der Waals surface area (Å²) in [5.74, 6) is -2.24. The molecule has 2 aromatic carbocycles. The van der Waals surface area contributed by atoms with E-state index in [9.17, 15) is 19.5 Å². The van der Waals surface area contributed by atoms with Gasteiger partial charge in [-0.25, -0.2) is 9.69 Å². The maximum Gasteiger partial charge on any atom is 0.336 e. The van der Waals surface area contributed by atoms with E-state index in [4.69, 9.17) is 0 Å². The third-order valence-corrected chi connectivity index (χ3v) is 4.33. The molecule has 0 fully saturated rings. The number of aryl methyl sites for hydroxylation is 2. The predicted octanol–water partition coefficient (Wildman–Crippen LogP) is 3.31. The lowest BCUT2D eigenvalue weighted by molar-refractivity contribution is 0.0692. The van der Waals surface area contributed by atoms with Crippen molar-refractivity contribution in [3.8, 4) is 0 Å². The van der Waals surface area contributed by atoms with Crippen molar-refractivity contribution in [3.05, 3.63) is 64.2 Å². The number of nitrogens with zero attached hydrogens (tertiary/aromatic N) is 1. The number of hydrogen-bond donors (Lipinski definition) is 1. The minimum atomic E-state index is -1.21. The van der Waals surface area contributed by atoms with Crippen LogP contribution in [0.5, 0.6) is 0 Å². The molecular formula is C19H17NO4. The van der Waals surface area contributed by atoms with Gasteiger partial charge in [-0.3, -0.25) is 9.59 Å².